The zero-order valence-corrected chi connectivity index (χ0v) is 16.6. The number of carbonyl (C=O) groups excluding carboxylic acids is 2. The van der Waals surface area contributed by atoms with Crippen LogP contribution in [0.5, 0.6) is 0 Å². The molecule has 0 bridgehead atoms. The van der Waals surface area contributed by atoms with Crippen molar-refractivity contribution in [2.24, 2.45) is 0 Å². The Labute approximate surface area is 165 Å². The molecule has 0 aliphatic carbocycles. The van der Waals surface area contributed by atoms with Crippen LogP contribution in [0.4, 0.5) is 13.2 Å². The lowest BCUT2D eigenvalue weighted by molar-refractivity contribution is -0.141. The summed E-state index contributed by atoms with van der Waals surface area (Å²) in [6.07, 6.45) is -4.44. The Morgan fingerprint density at radius 2 is 1.83 bits per heavy atom. The van der Waals surface area contributed by atoms with E-state index in [4.69, 9.17) is 4.74 Å². The van der Waals surface area contributed by atoms with Gasteiger partial charge in [0, 0.05) is 17.0 Å². The van der Waals surface area contributed by atoms with E-state index in [2.05, 4.69) is 4.72 Å². The number of carbonyl (C=O) groups is 2. The van der Waals surface area contributed by atoms with Crippen LogP contribution in [-0.4, -0.2) is 44.6 Å². The maximum Gasteiger partial charge on any atom is 0.406 e. The Balaban J connectivity index is 2.13. The van der Waals surface area contributed by atoms with Gasteiger partial charge in [-0.3, -0.25) is 4.79 Å². The highest BCUT2D eigenvalue weighted by atomic mass is 32.2. The lowest BCUT2D eigenvalue weighted by atomic mass is 10.1. The van der Waals surface area contributed by atoms with Crippen molar-refractivity contribution >= 4 is 21.8 Å². The maximum absolute atomic E-state index is 12.7. The smallest absolute Gasteiger partial charge is 0.406 e. The molecule has 7 nitrogen and oxygen atoms in total. The van der Waals surface area contributed by atoms with Crippen LogP contribution in [0.3, 0.4) is 0 Å². The summed E-state index contributed by atoms with van der Waals surface area (Å²) in [6.45, 7) is 0.887. The molecular formula is C18H19F3N2O5S. The molecule has 1 N–H and O–H groups in total. The molecule has 2 aromatic rings. The summed E-state index contributed by atoms with van der Waals surface area (Å²) in [6, 6.07) is 6.33. The van der Waals surface area contributed by atoms with Gasteiger partial charge in [-0.2, -0.15) is 13.2 Å². The molecule has 158 valence electrons. The molecule has 0 radical (unpaired) electrons. The van der Waals surface area contributed by atoms with Crippen molar-refractivity contribution in [3.8, 4) is 0 Å². The number of nitrogens with one attached hydrogen (secondary N) is 1. The lowest BCUT2D eigenvalue weighted by Gasteiger charge is -2.12. The number of halogens is 3. The monoisotopic (exact) mass is 432 g/mol. The molecule has 0 amide bonds. The average Bonchev–Trinajstić information content (AvgIpc) is 2.92. The number of rotatable bonds is 7. The van der Waals surface area contributed by atoms with E-state index in [0.29, 0.717) is 0 Å². The molecule has 1 heterocycles. The molecule has 11 heteroatoms. The molecule has 0 saturated carbocycles. The average molecular weight is 432 g/mol. The first-order valence-corrected chi connectivity index (χ1v) is 9.81. The molecule has 0 aliphatic heterocycles. The fourth-order valence-corrected chi connectivity index (χ4v) is 3.48. The van der Waals surface area contributed by atoms with Gasteiger partial charge in [-0.25, -0.2) is 17.9 Å². The van der Waals surface area contributed by atoms with Gasteiger partial charge in [-0.15, -0.1) is 0 Å². The molecule has 0 spiro atoms. The summed E-state index contributed by atoms with van der Waals surface area (Å²) in [5.74, 6) is -1.60. The molecule has 1 aromatic carbocycles. The van der Waals surface area contributed by atoms with Gasteiger partial charge in [0.1, 0.15) is 6.54 Å². The minimum atomic E-state index is -4.44. The van der Waals surface area contributed by atoms with Crippen molar-refractivity contribution in [3.63, 3.8) is 0 Å². The molecule has 2 rings (SSSR count). The minimum absolute atomic E-state index is 0.0195. The number of benzene rings is 1. The molecule has 1 aromatic heterocycles. The van der Waals surface area contributed by atoms with Crippen molar-refractivity contribution in [2.75, 3.05) is 13.7 Å². The highest BCUT2D eigenvalue weighted by Crippen LogP contribution is 2.23. The van der Waals surface area contributed by atoms with E-state index < -0.39 is 41.1 Å². The second-order valence-electron chi connectivity index (χ2n) is 6.22. The van der Waals surface area contributed by atoms with E-state index >= 15 is 0 Å². The fraction of sp³-hybridized carbons (Fsp3) is 0.333. The van der Waals surface area contributed by atoms with Crippen LogP contribution in [0, 0.1) is 13.8 Å². The minimum Gasteiger partial charge on any atom is -0.454 e. The number of nitrogens with zero attached hydrogens (tertiary/aromatic N) is 1. The van der Waals surface area contributed by atoms with E-state index in [1.807, 2.05) is 0 Å². The number of aryl methyl sites for hydroxylation is 1. The number of ether oxygens (including phenoxy) is 1. The van der Waals surface area contributed by atoms with Gasteiger partial charge < -0.3 is 9.30 Å². The Bertz CT molecular complexity index is 1040. The number of hydrogen-bond acceptors (Lipinski definition) is 5. The van der Waals surface area contributed by atoms with Crippen LogP contribution in [0.1, 0.15) is 32.1 Å². The number of sulfonamides is 1. The number of alkyl halides is 3. The van der Waals surface area contributed by atoms with E-state index in [9.17, 15) is 31.2 Å². The van der Waals surface area contributed by atoms with Gasteiger partial charge in [0.25, 0.3) is 0 Å². The maximum atomic E-state index is 12.7. The van der Waals surface area contributed by atoms with Gasteiger partial charge in [-0.05, 0) is 45.2 Å². The summed E-state index contributed by atoms with van der Waals surface area (Å²) in [7, 11) is -2.55. The Morgan fingerprint density at radius 1 is 1.17 bits per heavy atom. The largest absolute Gasteiger partial charge is 0.454 e. The zero-order valence-electron chi connectivity index (χ0n) is 15.8. The van der Waals surface area contributed by atoms with Gasteiger partial charge in [0.05, 0.1) is 10.5 Å². The second-order valence-corrected chi connectivity index (χ2v) is 8.11. The fourth-order valence-electron chi connectivity index (χ4n) is 2.71. The molecule has 0 aliphatic rings. The normalized spacial score (nSPS) is 12.1. The van der Waals surface area contributed by atoms with Crippen molar-refractivity contribution < 1.29 is 35.9 Å². The summed E-state index contributed by atoms with van der Waals surface area (Å²) in [5.41, 5.74) is 0.296. The first kappa shape index (κ1) is 22.6. The SMILES string of the molecule is CNS(=O)(=O)c1cccc(C(=O)OCC(=O)c2cc(C)n(CC(F)(F)F)c2C)c1. The molecule has 0 saturated heterocycles. The topological polar surface area (TPSA) is 94.5 Å². The van der Waals surface area contributed by atoms with Gasteiger partial charge >= 0.3 is 12.1 Å². The van der Waals surface area contributed by atoms with Crippen LogP contribution in [0.15, 0.2) is 35.2 Å². The molecule has 0 atom stereocenters. The van der Waals surface area contributed by atoms with Crippen molar-refractivity contribution in [2.45, 2.75) is 31.5 Å². The van der Waals surface area contributed by atoms with E-state index in [-0.39, 0.29) is 27.4 Å². The third kappa shape index (κ3) is 5.45. The van der Waals surface area contributed by atoms with Crippen LogP contribution >= 0.6 is 0 Å². The van der Waals surface area contributed by atoms with Gasteiger partial charge in [0.2, 0.25) is 15.8 Å². The van der Waals surface area contributed by atoms with Crippen molar-refractivity contribution in [1.82, 2.24) is 9.29 Å². The third-order valence-electron chi connectivity index (χ3n) is 4.19. The summed E-state index contributed by atoms with van der Waals surface area (Å²) in [4.78, 5) is 24.3. The van der Waals surface area contributed by atoms with Gasteiger partial charge in [-0.1, -0.05) is 6.07 Å². The summed E-state index contributed by atoms with van der Waals surface area (Å²) < 4.78 is 69.6. The molecule has 0 unspecified atom stereocenters. The Hall–Kier alpha value is -2.66. The van der Waals surface area contributed by atoms with Crippen LogP contribution in [0.25, 0.3) is 0 Å². The van der Waals surface area contributed by atoms with E-state index in [1.54, 1.807) is 0 Å². The number of aromatic nitrogens is 1. The molecule has 0 fully saturated rings. The summed E-state index contributed by atoms with van der Waals surface area (Å²) in [5, 5.41) is 0. The van der Waals surface area contributed by atoms with Crippen LogP contribution < -0.4 is 4.72 Å². The highest BCUT2D eigenvalue weighted by molar-refractivity contribution is 7.89. The van der Waals surface area contributed by atoms with E-state index in [1.165, 1.54) is 45.2 Å². The zero-order chi connectivity index (χ0) is 22.0. The lowest BCUT2D eigenvalue weighted by Crippen LogP contribution is -2.20. The highest BCUT2D eigenvalue weighted by Gasteiger charge is 2.30. The number of ketones is 1. The molecular weight excluding hydrogens is 413 g/mol. The Morgan fingerprint density at radius 3 is 2.41 bits per heavy atom. The number of esters is 1. The summed E-state index contributed by atoms with van der Waals surface area (Å²) >= 11 is 0. The predicted octanol–water partition coefficient (Wildman–Crippen LogP) is 2.62. The quantitative estimate of drug-likeness (QED) is 0.536. The number of hydrogen-bond donors (Lipinski definition) is 1. The van der Waals surface area contributed by atoms with Crippen LogP contribution in [0.2, 0.25) is 0 Å². The second kappa shape index (κ2) is 8.37. The van der Waals surface area contributed by atoms with Crippen molar-refractivity contribution in [1.29, 1.82) is 0 Å². The van der Waals surface area contributed by atoms with E-state index in [0.717, 1.165) is 10.6 Å². The standard InChI is InChI=1S/C18H19F3N2O5S/c1-11-7-15(12(2)23(11)10-18(19,20)21)16(24)9-28-17(25)13-5-4-6-14(8-13)29(26,27)22-3/h4-8,22H,9-10H2,1-3H3. The number of Topliss-reactive ketones (excluding diaryl/α,β-unsaturated/α-hetero) is 1. The first-order chi connectivity index (χ1) is 13.4. The predicted molar refractivity (Wildman–Crippen MR) is 97.3 cm³/mol. The molecule has 29 heavy (non-hydrogen) atoms. The first-order valence-electron chi connectivity index (χ1n) is 8.33. The Kier molecular flexibility index (Phi) is 6.53. The third-order valence-corrected chi connectivity index (χ3v) is 5.61. The van der Waals surface area contributed by atoms with Gasteiger partial charge in [0.15, 0.2) is 6.61 Å². The van der Waals surface area contributed by atoms with Crippen molar-refractivity contribution in [3.05, 3.63) is 52.8 Å². The van der Waals surface area contributed by atoms with Crippen LogP contribution in [-0.2, 0) is 21.3 Å².